The lowest BCUT2D eigenvalue weighted by Crippen LogP contribution is -2.28. The Morgan fingerprint density at radius 3 is 2.41 bits per heavy atom. The van der Waals surface area contributed by atoms with Gasteiger partial charge in [0.15, 0.2) is 0 Å². The van der Waals surface area contributed by atoms with Crippen LogP contribution in [0.15, 0.2) is 47.4 Å². The lowest BCUT2D eigenvalue weighted by molar-refractivity contribution is -0.121. The summed E-state index contributed by atoms with van der Waals surface area (Å²) in [6.45, 7) is 4.87. The van der Waals surface area contributed by atoms with E-state index >= 15 is 0 Å². The summed E-state index contributed by atoms with van der Waals surface area (Å²) in [5.41, 5.74) is 3.17. The lowest BCUT2D eigenvalue weighted by atomic mass is 10.1. The van der Waals surface area contributed by atoms with Gasteiger partial charge in [0.2, 0.25) is 15.9 Å². The zero-order valence-electron chi connectivity index (χ0n) is 15.9. The summed E-state index contributed by atoms with van der Waals surface area (Å²) < 4.78 is 31.3. The summed E-state index contributed by atoms with van der Waals surface area (Å²) in [5, 5.41) is 2.83. The monoisotopic (exact) mass is 390 g/mol. The third-order valence-corrected chi connectivity index (χ3v) is 5.59. The maximum absolute atomic E-state index is 11.9. The topological polar surface area (TPSA) is 84.5 Å². The molecule has 27 heavy (non-hydrogen) atoms. The second kappa shape index (κ2) is 9.53. The van der Waals surface area contributed by atoms with Gasteiger partial charge in [-0.05, 0) is 56.6 Å². The highest BCUT2D eigenvalue weighted by Crippen LogP contribution is 2.18. The fraction of sp³-hybridized carbons (Fsp3) is 0.350. The highest BCUT2D eigenvalue weighted by atomic mass is 32.2. The van der Waals surface area contributed by atoms with Crippen LogP contribution in [0.25, 0.3) is 0 Å². The number of carbonyl (C=O) groups excluding carboxylic acids is 1. The van der Waals surface area contributed by atoms with E-state index in [-0.39, 0.29) is 10.8 Å². The van der Waals surface area contributed by atoms with Crippen molar-refractivity contribution >= 4 is 15.9 Å². The van der Waals surface area contributed by atoms with Gasteiger partial charge in [0, 0.05) is 6.42 Å². The molecule has 0 aliphatic heterocycles. The molecule has 7 heteroatoms. The van der Waals surface area contributed by atoms with Crippen molar-refractivity contribution in [2.75, 3.05) is 20.2 Å². The maximum Gasteiger partial charge on any atom is 0.240 e. The van der Waals surface area contributed by atoms with Gasteiger partial charge >= 0.3 is 0 Å². The van der Waals surface area contributed by atoms with Gasteiger partial charge in [-0.2, -0.15) is 0 Å². The molecule has 1 amide bonds. The minimum atomic E-state index is -3.43. The Balaban J connectivity index is 1.71. The minimum Gasteiger partial charge on any atom is -0.491 e. The average Bonchev–Trinajstić information content (AvgIpc) is 2.65. The number of ether oxygens (including phenoxy) is 1. The van der Waals surface area contributed by atoms with Crippen LogP contribution in [0.1, 0.15) is 23.1 Å². The van der Waals surface area contributed by atoms with E-state index in [2.05, 4.69) is 16.1 Å². The van der Waals surface area contributed by atoms with Gasteiger partial charge in [0.25, 0.3) is 0 Å². The van der Waals surface area contributed by atoms with Crippen molar-refractivity contribution in [2.24, 2.45) is 0 Å². The highest BCUT2D eigenvalue weighted by molar-refractivity contribution is 7.89. The first-order valence-corrected chi connectivity index (χ1v) is 10.3. The molecule has 2 N–H and O–H groups in total. The zero-order valence-corrected chi connectivity index (χ0v) is 16.7. The van der Waals surface area contributed by atoms with Crippen LogP contribution in [0, 0.1) is 13.8 Å². The molecular formula is C20H26N2O4S. The van der Waals surface area contributed by atoms with Crippen molar-refractivity contribution in [1.29, 1.82) is 0 Å². The Kier molecular flexibility index (Phi) is 7.38. The highest BCUT2D eigenvalue weighted by Gasteiger charge is 2.10. The van der Waals surface area contributed by atoms with Crippen molar-refractivity contribution < 1.29 is 17.9 Å². The third-order valence-electron chi connectivity index (χ3n) is 4.16. The van der Waals surface area contributed by atoms with E-state index in [1.807, 2.05) is 26.0 Å². The first kappa shape index (κ1) is 20.9. The normalized spacial score (nSPS) is 11.2. The number of amides is 1. The Morgan fingerprint density at radius 2 is 1.78 bits per heavy atom. The molecule has 0 aliphatic carbocycles. The molecule has 2 rings (SSSR count). The standard InChI is InChI=1S/C20H26N2O4S/c1-15-4-10-19(16(2)14-15)26-13-12-22-20(23)11-7-17-5-8-18(9-6-17)27(24,25)21-3/h4-6,8-10,14,21H,7,11-13H2,1-3H3,(H,22,23). The molecule has 0 radical (unpaired) electrons. The van der Waals surface area contributed by atoms with E-state index in [1.165, 1.54) is 24.7 Å². The second-order valence-electron chi connectivity index (χ2n) is 6.32. The summed E-state index contributed by atoms with van der Waals surface area (Å²) >= 11 is 0. The van der Waals surface area contributed by atoms with Crippen LogP contribution in [0.3, 0.4) is 0 Å². The first-order chi connectivity index (χ1) is 12.8. The number of sulfonamides is 1. The SMILES string of the molecule is CNS(=O)(=O)c1ccc(CCC(=O)NCCOc2ccc(C)cc2C)cc1. The predicted octanol–water partition coefficient (Wildman–Crippen LogP) is 2.34. The third kappa shape index (κ3) is 6.37. The van der Waals surface area contributed by atoms with Crippen molar-refractivity contribution in [3.8, 4) is 5.75 Å². The van der Waals surface area contributed by atoms with Gasteiger partial charge in [0.05, 0.1) is 11.4 Å². The minimum absolute atomic E-state index is 0.0637. The van der Waals surface area contributed by atoms with Crippen LogP contribution in [0.2, 0.25) is 0 Å². The molecule has 2 aromatic carbocycles. The molecule has 0 saturated heterocycles. The molecule has 0 unspecified atom stereocenters. The summed E-state index contributed by atoms with van der Waals surface area (Å²) in [6, 6.07) is 12.5. The number of rotatable bonds is 9. The summed E-state index contributed by atoms with van der Waals surface area (Å²) in [4.78, 5) is 12.1. The Bertz CT molecular complexity index is 877. The molecule has 146 valence electrons. The van der Waals surface area contributed by atoms with Crippen molar-refractivity contribution in [1.82, 2.24) is 10.0 Å². The van der Waals surface area contributed by atoms with Gasteiger partial charge in [-0.15, -0.1) is 0 Å². The fourth-order valence-electron chi connectivity index (χ4n) is 2.61. The quantitative estimate of drug-likeness (QED) is 0.644. The summed E-state index contributed by atoms with van der Waals surface area (Å²) in [6.07, 6.45) is 0.880. The Hall–Kier alpha value is -2.38. The summed E-state index contributed by atoms with van der Waals surface area (Å²) in [7, 11) is -2.06. The lowest BCUT2D eigenvalue weighted by Gasteiger charge is -2.10. The number of benzene rings is 2. The molecule has 0 fully saturated rings. The van der Waals surface area contributed by atoms with E-state index in [9.17, 15) is 13.2 Å². The van der Waals surface area contributed by atoms with Crippen LogP contribution >= 0.6 is 0 Å². The molecular weight excluding hydrogens is 364 g/mol. The van der Waals surface area contributed by atoms with Crippen LogP contribution in [0.4, 0.5) is 0 Å². The summed E-state index contributed by atoms with van der Waals surface area (Å²) in [5.74, 6) is 0.762. The molecule has 6 nitrogen and oxygen atoms in total. The van der Waals surface area contributed by atoms with Gasteiger partial charge in [0.1, 0.15) is 12.4 Å². The predicted molar refractivity (Wildman–Crippen MR) is 105 cm³/mol. The average molecular weight is 391 g/mol. The molecule has 0 aliphatic rings. The molecule has 0 bridgehead atoms. The van der Waals surface area contributed by atoms with Gasteiger partial charge in [-0.1, -0.05) is 29.8 Å². The fourth-order valence-corrected chi connectivity index (χ4v) is 3.34. The molecule has 0 heterocycles. The first-order valence-electron chi connectivity index (χ1n) is 8.81. The van der Waals surface area contributed by atoms with E-state index in [1.54, 1.807) is 12.1 Å². The maximum atomic E-state index is 11.9. The number of hydrogen-bond acceptors (Lipinski definition) is 4. The smallest absolute Gasteiger partial charge is 0.240 e. The van der Waals surface area contributed by atoms with Crippen LogP contribution in [-0.4, -0.2) is 34.5 Å². The van der Waals surface area contributed by atoms with E-state index < -0.39 is 10.0 Å². The van der Waals surface area contributed by atoms with E-state index in [0.717, 1.165) is 16.9 Å². The van der Waals surface area contributed by atoms with Crippen LogP contribution in [0.5, 0.6) is 5.75 Å². The zero-order chi connectivity index (χ0) is 19.9. The Morgan fingerprint density at radius 1 is 1.07 bits per heavy atom. The number of aryl methyl sites for hydroxylation is 3. The largest absolute Gasteiger partial charge is 0.491 e. The van der Waals surface area contributed by atoms with E-state index in [4.69, 9.17) is 4.74 Å². The van der Waals surface area contributed by atoms with Crippen molar-refractivity contribution in [2.45, 2.75) is 31.6 Å². The number of hydrogen-bond donors (Lipinski definition) is 2. The van der Waals surface area contributed by atoms with Gasteiger partial charge in [-0.3, -0.25) is 4.79 Å². The van der Waals surface area contributed by atoms with E-state index in [0.29, 0.717) is 26.0 Å². The van der Waals surface area contributed by atoms with Gasteiger partial charge < -0.3 is 10.1 Å². The van der Waals surface area contributed by atoms with Crippen LogP contribution < -0.4 is 14.8 Å². The molecule has 0 aromatic heterocycles. The van der Waals surface area contributed by atoms with Crippen molar-refractivity contribution in [3.05, 3.63) is 59.2 Å². The second-order valence-corrected chi connectivity index (χ2v) is 8.21. The molecule has 0 saturated carbocycles. The van der Waals surface area contributed by atoms with Gasteiger partial charge in [-0.25, -0.2) is 13.1 Å². The van der Waals surface area contributed by atoms with Crippen LogP contribution in [-0.2, 0) is 21.2 Å². The number of carbonyl (C=O) groups is 1. The number of nitrogens with one attached hydrogen (secondary N) is 2. The van der Waals surface area contributed by atoms with Crippen molar-refractivity contribution in [3.63, 3.8) is 0 Å². The molecule has 0 atom stereocenters. The Labute approximate surface area is 161 Å². The molecule has 0 spiro atoms. The molecule has 2 aromatic rings.